The number of nitrogens with zero attached hydrogens (tertiary/aromatic N) is 2. The number of anilines is 1. The Morgan fingerprint density at radius 1 is 1.15 bits per heavy atom. The Morgan fingerprint density at radius 2 is 1.85 bits per heavy atom. The maximum atomic E-state index is 12.0. The van der Waals surface area contributed by atoms with Gasteiger partial charge in [0.2, 0.25) is 5.88 Å². The summed E-state index contributed by atoms with van der Waals surface area (Å²) in [5.41, 5.74) is 3.72. The van der Waals surface area contributed by atoms with Crippen LogP contribution in [0.5, 0.6) is 5.75 Å². The number of nitrogens with one attached hydrogen (secondary N) is 1. The minimum atomic E-state index is -0.347. The minimum Gasteiger partial charge on any atom is -0.484 e. The molecule has 0 saturated heterocycles. The first-order valence-electron chi connectivity index (χ1n) is 8.62. The number of amides is 1. The fourth-order valence-electron chi connectivity index (χ4n) is 2.50. The number of rotatable bonds is 7. The third kappa shape index (κ3) is 4.95. The lowest BCUT2D eigenvalue weighted by Crippen LogP contribution is -2.19. The van der Waals surface area contributed by atoms with E-state index in [1.807, 2.05) is 24.3 Å². The van der Waals surface area contributed by atoms with Gasteiger partial charge in [-0.3, -0.25) is 10.1 Å². The molecule has 3 rings (SSSR count). The highest BCUT2D eigenvalue weighted by Gasteiger charge is 2.10. The van der Waals surface area contributed by atoms with Crippen LogP contribution in [0.4, 0.5) is 5.88 Å². The van der Waals surface area contributed by atoms with Gasteiger partial charge in [0.1, 0.15) is 11.4 Å². The Labute approximate surface area is 157 Å². The van der Waals surface area contributed by atoms with Crippen LogP contribution >= 0.6 is 0 Å². The molecule has 2 aromatic carbocycles. The van der Waals surface area contributed by atoms with E-state index >= 15 is 0 Å². The van der Waals surface area contributed by atoms with Crippen LogP contribution < -0.4 is 10.1 Å². The van der Waals surface area contributed by atoms with Gasteiger partial charge in [0.25, 0.3) is 5.91 Å². The summed E-state index contributed by atoms with van der Waals surface area (Å²) in [5, 5.41) is 15.3. The van der Waals surface area contributed by atoms with Gasteiger partial charge in [0.05, 0.1) is 12.5 Å². The van der Waals surface area contributed by atoms with E-state index in [2.05, 4.69) is 23.5 Å². The second kappa shape index (κ2) is 8.68. The number of carbonyl (C=O) groups is 1. The predicted molar refractivity (Wildman–Crippen MR) is 101 cm³/mol. The topological polar surface area (TPSA) is 88.1 Å². The second-order valence-corrected chi connectivity index (χ2v) is 5.94. The quantitative estimate of drug-likeness (QED) is 0.687. The average Bonchev–Trinajstić information content (AvgIpc) is 3.16. The van der Waals surface area contributed by atoms with E-state index in [1.54, 1.807) is 30.3 Å². The zero-order chi connectivity index (χ0) is 19.1. The first-order chi connectivity index (χ1) is 13.2. The summed E-state index contributed by atoms with van der Waals surface area (Å²) in [7, 11) is 0. The Bertz CT molecular complexity index is 938. The van der Waals surface area contributed by atoms with Crippen LogP contribution in [0.2, 0.25) is 0 Å². The van der Waals surface area contributed by atoms with Gasteiger partial charge in [-0.25, -0.2) is 0 Å². The van der Waals surface area contributed by atoms with Gasteiger partial charge in [-0.1, -0.05) is 48.5 Å². The van der Waals surface area contributed by atoms with Crippen LogP contribution in [0.1, 0.15) is 18.1 Å². The van der Waals surface area contributed by atoms with Crippen molar-refractivity contribution in [2.24, 2.45) is 0 Å². The second-order valence-electron chi connectivity index (χ2n) is 5.94. The largest absolute Gasteiger partial charge is 0.484 e. The van der Waals surface area contributed by atoms with Gasteiger partial charge in [-0.2, -0.15) is 5.26 Å². The molecule has 0 bridgehead atoms. The molecule has 0 radical (unpaired) electrons. The van der Waals surface area contributed by atoms with Gasteiger partial charge >= 0.3 is 0 Å². The molecule has 0 fully saturated rings. The maximum absolute atomic E-state index is 12.0. The van der Waals surface area contributed by atoms with E-state index in [0.717, 1.165) is 17.5 Å². The lowest BCUT2D eigenvalue weighted by atomic mass is 10.1. The van der Waals surface area contributed by atoms with Crippen molar-refractivity contribution in [2.45, 2.75) is 19.8 Å². The molecule has 0 atom stereocenters. The molecule has 0 unspecified atom stereocenters. The van der Waals surface area contributed by atoms with E-state index in [1.165, 1.54) is 5.56 Å². The molecule has 0 aliphatic carbocycles. The minimum absolute atomic E-state index is 0.154. The average molecular weight is 361 g/mol. The van der Waals surface area contributed by atoms with Crippen molar-refractivity contribution < 1.29 is 14.1 Å². The van der Waals surface area contributed by atoms with Crippen molar-refractivity contribution in [1.29, 1.82) is 5.26 Å². The standard InChI is InChI=1S/C21H19N3O3/c1-2-15-3-7-17(8-4-15)19-13-21(27-24-19)23-20(25)14-26-18-9-5-16(6-10-18)11-12-22/h3-10,13H,2,11,14H2,1H3,(H,23,25). The van der Waals surface area contributed by atoms with E-state index in [0.29, 0.717) is 17.9 Å². The third-order valence-corrected chi connectivity index (χ3v) is 4.01. The number of aryl methyl sites for hydroxylation is 1. The number of benzene rings is 2. The van der Waals surface area contributed by atoms with Crippen LogP contribution in [-0.2, 0) is 17.6 Å². The first-order valence-corrected chi connectivity index (χ1v) is 8.62. The molecule has 0 aliphatic heterocycles. The smallest absolute Gasteiger partial charge is 0.264 e. The Morgan fingerprint density at radius 3 is 2.52 bits per heavy atom. The van der Waals surface area contributed by atoms with Crippen molar-refractivity contribution in [3.8, 4) is 23.1 Å². The SMILES string of the molecule is CCc1ccc(-c2cc(NC(=O)COc3ccc(CC#N)cc3)on2)cc1. The van der Waals surface area contributed by atoms with Crippen LogP contribution in [0.3, 0.4) is 0 Å². The lowest BCUT2D eigenvalue weighted by Gasteiger charge is -2.05. The molecule has 1 amide bonds. The number of aromatic nitrogens is 1. The summed E-state index contributed by atoms with van der Waals surface area (Å²) in [6.07, 6.45) is 1.32. The van der Waals surface area contributed by atoms with Crippen LogP contribution in [0.15, 0.2) is 59.1 Å². The highest BCUT2D eigenvalue weighted by Crippen LogP contribution is 2.22. The highest BCUT2D eigenvalue weighted by atomic mass is 16.5. The van der Waals surface area contributed by atoms with Gasteiger partial charge in [0, 0.05) is 11.6 Å². The maximum Gasteiger partial charge on any atom is 0.264 e. The molecule has 6 heteroatoms. The molecular formula is C21H19N3O3. The Hall–Kier alpha value is -3.59. The first kappa shape index (κ1) is 18.2. The fourth-order valence-corrected chi connectivity index (χ4v) is 2.50. The number of ether oxygens (including phenoxy) is 1. The van der Waals surface area contributed by atoms with E-state index < -0.39 is 0 Å². The highest BCUT2D eigenvalue weighted by molar-refractivity contribution is 5.91. The number of hydrogen-bond donors (Lipinski definition) is 1. The van der Waals surface area contributed by atoms with Crippen LogP contribution in [-0.4, -0.2) is 17.7 Å². The molecule has 6 nitrogen and oxygen atoms in total. The normalized spacial score (nSPS) is 10.2. The van der Waals surface area contributed by atoms with E-state index in [9.17, 15) is 4.79 Å². The molecule has 1 heterocycles. The van der Waals surface area contributed by atoms with Gasteiger partial charge in [-0.15, -0.1) is 0 Å². The molecule has 3 aromatic rings. The van der Waals surface area contributed by atoms with Gasteiger partial charge in [0.15, 0.2) is 6.61 Å². The van der Waals surface area contributed by atoms with Gasteiger partial charge < -0.3 is 9.26 Å². The summed E-state index contributed by atoms with van der Waals surface area (Å²) in [4.78, 5) is 12.0. The molecule has 27 heavy (non-hydrogen) atoms. The zero-order valence-electron chi connectivity index (χ0n) is 14.9. The number of hydrogen-bond acceptors (Lipinski definition) is 5. The lowest BCUT2D eigenvalue weighted by molar-refractivity contribution is -0.118. The summed E-state index contributed by atoms with van der Waals surface area (Å²) < 4.78 is 10.6. The molecule has 1 N–H and O–H groups in total. The van der Waals surface area contributed by atoms with Crippen molar-refractivity contribution in [3.63, 3.8) is 0 Å². The van der Waals surface area contributed by atoms with E-state index in [4.69, 9.17) is 14.5 Å². The molecular weight excluding hydrogens is 342 g/mol. The van der Waals surface area contributed by atoms with Crippen molar-refractivity contribution >= 4 is 11.8 Å². The van der Waals surface area contributed by atoms with E-state index in [-0.39, 0.29) is 18.4 Å². The summed E-state index contributed by atoms with van der Waals surface area (Å²) in [6, 6.07) is 18.8. The molecule has 0 saturated carbocycles. The third-order valence-electron chi connectivity index (χ3n) is 4.01. The fraction of sp³-hybridized carbons (Fsp3) is 0.190. The summed E-state index contributed by atoms with van der Waals surface area (Å²) >= 11 is 0. The number of nitriles is 1. The monoisotopic (exact) mass is 361 g/mol. The summed E-state index contributed by atoms with van der Waals surface area (Å²) in [5.74, 6) is 0.476. The zero-order valence-corrected chi connectivity index (χ0v) is 14.9. The Kier molecular flexibility index (Phi) is 5.85. The predicted octanol–water partition coefficient (Wildman–Crippen LogP) is 3.99. The molecule has 136 valence electrons. The molecule has 0 aliphatic rings. The van der Waals surface area contributed by atoms with Gasteiger partial charge in [-0.05, 0) is 29.7 Å². The Balaban J connectivity index is 1.53. The van der Waals surface area contributed by atoms with Crippen LogP contribution in [0, 0.1) is 11.3 Å². The van der Waals surface area contributed by atoms with Crippen LogP contribution in [0.25, 0.3) is 11.3 Å². The van der Waals surface area contributed by atoms with Crippen molar-refractivity contribution in [2.75, 3.05) is 11.9 Å². The van der Waals surface area contributed by atoms with Crippen molar-refractivity contribution in [3.05, 3.63) is 65.7 Å². The molecule has 0 spiro atoms. The number of carbonyl (C=O) groups excluding carboxylic acids is 1. The van der Waals surface area contributed by atoms with Crippen molar-refractivity contribution in [1.82, 2.24) is 5.16 Å². The summed E-state index contributed by atoms with van der Waals surface area (Å²) in [6.45, 7) is 1.94. The molecule has 1 aromatic heterocycles.